The zero-order chi connectivity index (χ0) is 17.6. The maximum atomic E-state index is 10.9. The van der Waals surface area contributed by atoms with Crippen molar-refractivity contribution >= 4 is 6.41 Å². The number of piperidine rings is 1. The Hall–Kier alpha value is -2.17. The molecule has 5 heteroatoms. The fourth-order valence-corrected chi connectivity index (χ4v) is 3.14. The van der Waals surface area contributed by atoms with Gasteiger partial charge < -0.3 is 9.42 Å². The lowest BCUT2D eigenvalue weighted by Crippen LogP contribution is -2.33. The normalized spacial score (nSPS) is 20.4. The summed E-state index contributed by atoms with van der Waals surface area (Å²) >= 11 is 0. The standard InChI is InChI=1S/C15H17N3O2.C5H10/c1-11-4-6-12(7-5-11)14-16-15(20-17-14)13-3-2-8-18(9-13)10-19;1-5-3-2-4-5/h4-7,10,13H,2-3,8-9H2,1H3;5H,2-4H2,1H3. The number of aryl methyl sites for hydroxylation is 1. The SMILES string of the molecule is CC1CCC1.Cc1ccc(-c2noc(C3CCCN(C=O)C3)n2)cc1. The Bertz CT molecular complexity index is 677. The first-order valence-electron chi connectivity index (χ1n) is 9.25. The number of likely N-dealkylation sites (tertiary alicyclic amines) is 1. The molecule has 5 nitrogen and oxygen atoms in total. The zero-order valence-electron chi connectivity index (χ0n) is 15.1. The van der Waals surface area contributed by atoms with Crippen molar-refractivity contribution in [2.24, 2.45) is 5.92 Å². The van der Waals surface area contributed by atoms with Gasteiger partial charge in [-0.25, -0.2) is 0 Å². The third-order valence-corrected chi connectivity index (χ3v) is 5.10. The molecular formula is C20H27N3O2. The molecule has 2 fully saturated rings. The number of carbonyl (C=O) groups excluding carboxylic acids is 1. The Morgan fingerprint density at radius 1 is 1.16 bits per heavy atom. The Balaban J connectivity index is 0.000000314. The number of hydrogen-bond donors (Lipinski definition) is 0. The molecule has 134 valence electrons. The van der Waals surface area contributed by atoms with Gasteiger partial charge in [-0.3, -0.25) is 4.79 Å². The summed E-state index contributed by atoms with van der Waals surface area (Å²) in [5, 5.41) is 4.05. The zero-order valence-corrected chi connectivity index (χ0v) is 15.1. The second-order valence-electron chi connectivity index (χ2n) is 7.30. The van der Waals surface area contributed by atoms with Crippen LogP contribution in [0, 0.1) is 12.8 Å². The van der Waals surface area contributed by atoms with Crippen LogP contribution in [0.1, 0.15) is 56.4 Å². The molecule has 0 N–H and O–H groups in total. The van der Waals surface area contributed by atoms with Gasteiger partial charge in [-0.15, -0.1) is 0 Å². The molecular weight excluding hydrogens is 314 g/mol. The van der Waals surface area contributed by atoms with E-state index in [0.717, 1.165) is 37.3 Å². The van der Waals surface area contributed by atoms with E-state index in [0.29, 0.717) is 18.3 Å². The minimum Gasteiger partial charge on any atom is -0.344 e. The molecule has 1 aliphatic heterocycles. The molecule has 1 atom stereocenters. The fraction of sp³-hybridized carbons (Fsp3) is 0.550. The molecule has 4 rings (SSSR count). The van der Waals surface area contributed by atoms with Gasteiger partial charge in [-0.05, 0) is 25.7 Å². The lowest BCUT2D eigenvalue weighted by Gasteiger charge is -2.27. The third kappa shape index (κ3) is 4.68. The number of aromatic nitrogens is 2. The number of rotatable bonds is 3. The highest BCUT2D eigenvalue weighted by atomic mass is 16.5. The largest absolute Gasteiger partial charge is 0.344 e. The summed E-state index contributed by atoms with van der Waals surface area (Å²) in [6.45, 7) is 5.84. The third-order valence-electron chi connectivity index (χ3n) is 5.10. The van der Waals surface area contributed by atoms with Crippen LogP contribution in [0.3, 0.4) is 0 Å². The van der Waals surface area contributed by atoms with Gasteiger partial charge in [-0.1, -0.05) is 61.2 Å². The molecule has 1 aromatic carbocycles. The summed E-state index contributed by atoms with van der Waals surface area (Å²) in [5.74, 6) is 2.46. The maximum Gasteiger partial charge on any atom is 0.231 e. The fourth-order valence-electron chi connectivity index (χ4n) is 3.14. The minimum absolute atomic E-state index is 0.153. The molecule has 0 radical (unpaired) electrons. The summed E-state index contributed by atoms with van der Waals surface area (Å²) in [4.78, 5) is 17.1. The summed E-state index contributed by atoms with van der Waals surface area (Å²) in [6, 6.07) is 8.03. The van der Waals surface area contributed by atoms with Crippen molar-refractivity contribution in [3.8, 4) is 11.4 Å². The molecule has 2 aliphatic rings. The summed E-state index contributed by atoms with van der Waals surface area (Å²) < 4.78 is 5.38. The second kappa shape index (κ2) is 8.28. The smallest absolute Gasteiger partial charge is 0.231 e. The van der Waals surface area contributed by atoms with Gasteiger partial charge in [0.25, 0.3) is 0 Å². The van der Waals surface area contributed by atoms with Gasteiger partial charge in [0.15, 0.2) is 0 Å². The predicted molar refractivity (Wildman–Crippen MR) is 97.1 cm³/mol. The Morgan fingerprint density at radius 2 is 1.88 bits per heavy atom. The monoisotopic (exact) mass is 341 g/mol. The number of benzene rings is 1. The van der Waals surface area contributed by atoms with E-state index < -0.39 is 0 Å². The molecule has 2 heterocycles. The first kappa shape index (κ1) is 17.6. The number of hydrogen-bond acceptors (Lipinski definition) is 4. The lowest BCUT2D eigenvalue weighted by atomic mass is 9.88. The summed E-state index contributed by atoms with van der Waals surface area (Å²) in [7, 11) is 0. The van der Waals surface area contributed by atoms with Crippen LogP contribution in [-0.4, -0.2) is 34.5 Å². The molecule has 0 bridgehead atoms. The molecule has 2 aromatic rings. The van der Waals surface area contributed by atoms with Crippen molar-refractivity contribution < 1.29 is 9.32 Å². The van der Waals surface area contributed by atoms with Crippen molar-refractivity contribution in [3.63, 3.8) is 0 Å². The van der Waals surface area contributed by atoms with Crippen LogP contribution in [0.2, 0.25) is 0 Å². The molecule has 25 heavy (non-hydrogen) atoms. The molecule has 1 unspecified atom stereocenters. The molecule has 0 spiro atoms. The van der Waals surface area contributed by atoms with Crippen LogP contribution in [0.5, 0.6) is 0 Å². The Kier molecular flexibility index (Phi) is 5.84. The molecule has 1 amide bonds. The van der Waals surface area contributed by atoms with Crippen molar-refractivity contribution in [1.29, 1.82) is 0 Å². The second-order valence-corrected chi connectivity index (χ2v) is 7.30. The summed E-state index contributed by atoms with van der Waals surface area (Å²) in [6.07, 6.45) is 7.32. The van der Waals surface area contributed by atoms with E-state index in [2.05, 4.69) is 17.1 Å². The van der Waals surface area contributed by atoms with Crippen LogP contribution in [0.25, 0.3) is 11.4 Å². The van der Waals surface area contributed by atoms with Gasteiger partial charge >= 0.3 is 0 Å². The first-order chi connectivity index (χ1) is 12.2. The molecule has 1 aromatic heterocycles. The highest BCUT2D eigenvalue weighted by Crippen LogP contribution is 2.27. The predicted octanol–water partition coefficient (Wildman–Crippen LogP) is 4.19. The minimum atomic E-state index is 0.153. The van der Waals surface area contributed by atoms with Crippen LogP contribution >= 0.6 is 0 Å². The average molecular weight is 341 g/mol. The first-order valence-corrected chi connectivity index (χ1v) is 9.25. The van der Waals surface area contributed by atoms with E-state index in [-0.39, 0.29) is 5.92 Å². The van der Waals surface area contributed by atoms with Crippen LogP contribution in [0.15, 0.2) is 28.8 Å². The molecule has 1 saturated carbocycles. The summed E-state index contributed by atoms with van der Waals surface area (Å²) in [5.41, 5.74) is 2.15. The van der Waals surface area contributed by atoms with Gasteiger partial charge in [0.2, 0.25) is 18.1 Å². The van der Waals surface area contributed by atoms with Gasteiger partial charge in [0.1, 0.15) is 0 Å². The van der Waals surface area contributed by atoms with E-state index in [1.807, 2.05) is 31.2 Å². The van der Waals surface area contributed by atoms with E-state index in [1.165, 1.54) is 24.8 Å². The van der Waals surface area contributed by atoms with Crippen molar-refractivity contribution in [3.05, 3.63) is 35.7 Å². The van der Waals surface area contributed by atoms with Crippen molar-refractivity contribution in [2.75, 3.05) is 13.1 Å². The average Bonchev–Trinajstić information content (AvgIpc) is 3.11. The number of carbonyl (C=O) groups is 1. The van der Waals surface area contributed by atoms with Gasteiger partial charge in [0.05, 0.1) is 5.92 Å². The van der Waals surface area contributed by atoms with E-state index >= 15 is 0 Å². The highest BCUT2D eigenvalue weighted by Gasteiger charge is 2.25. The van der Waals surface area contributed by atoms with Crippen molar-refractivity contribution in [2.45, 2.75) is 51.9 Å². The van der Waals surface area contributed by atoms with Crippen LogP contribution in [-0.2, 0) is 4.79 Å². The van der Waals surface area contributed by atoms with E-state index in [9.17, 15) is 4.79 Å². The van der Waals surface area contributed by atoms with Crippen LogP contribution in [0.4, 0.5) is 0 Å². The Labute approximate surface area is 149 Å². The van der Waals surface area contributed by atoms with Crippen molar-refractivity contribution in [1.82, 2.24) is 15.0 Å². The number of amides is 1. The number of nitrogens with zero attached hydrogens (tertiary/aromatic N) is 3. The lowest BCUT2D eigenvalue weighted by molar-refractivity contribution is -0.119. The maximum absolute atomic E-state index is 10.9. The van der Waals surface area contributed by atoms with E-state index in [4.69, 9.17) is 4.52 Å². The van der Waals surface area contributed by atoms with Gasteiger partial charge in [0, 0.05) is 18.7 Å². The topological polar surface area (TPSA) is 59.2 Å². The quantitative estimate of drug-likeness (QED) is 0.786. The Morgan fingerprint density at radius 3 is 2.48 bits per heavy atom. The highest BCUT2D eigenvalue weighted by molar-refractivity contribution is 5.54. The molecule has 1 saturated heterocycles. The molecule has 1 aliphatic carbocycles. The van der Waals surface area contributed by atoms with Gasteiger partial charge in [-0.2, -0.15) is 4.98 Å². The van der Waals surface area contributed by atoms with Crippen LogP contribution < -0.4 is 0 Å². The van der Waals surface area contributed by atoms with E-state index in [1.54, 1.807) is 4.90 Å².